The Morgan fingerprint density at radius 3 is 2.34 bits per heavy atom. The molecule has 0 aromatic heterocycles. The molecule has 0 aliphatic rings. The number of hydrogen-bond acceptors (Lipinski definition) is 4. The van der Waals surface area contributed by atoms with Crippen molar-refractivity contribution in [2.75, 3.05) is 12.9 Å². The van der Waals surface area contributed by atoms with Gasteiger partial charge in [-0.15, -0.1) is 11.8 Å². The Morgan fingerprint density at radius 1 is 1.09 bits per heavy atom. The molecule has 0 bridgehead atoms. The molecule has 5 nitrogen and oxygen atoms in total. The Kier molecular flexibility index (Phi) is 9.63. The maximum absolute atomic E-state index is 13.3. The number of aryl methyl sites for hydroxylation is 1. The van der Waals surface area contributed by atoms with Gasteiger partial charge >= 0.3 is 0 Å². The molecule has 0 heterocycles. The minimum absolute atomic E-state index is 0.0269. The summed E-state index contributed by atoms with van der Waals surface area (Å²) in [7, 11) is 1.64. The molecule has 2 aromatic carbocycles. The van der Waals surface area contributed by atoms with Gasteiger partial charge < -0.3 is 15.0 Å². The third-order valence-electron chi connectivity index (χ3n) is 4.97. The van der Waals surface area contributed by atoms with E-state index in [2.05, 4.69) is 11.4 Å². The SMILES string of the molecule is CC[C@H](C(=O)NC(C)(C)C)N(Cc1cccc(C)c1)C(=O)CSCc1ccc(OC)cc1. The zero-order valence-corrected chi connectivity index (χ0v) is 20.9. The molecular weight excluding hydrogens is 420 g/mol. The van der Waals surface area contributed by atoms with E-state index in [0.29, 0.717) is 18.7 Å². The second kappa shape index (κ2) is 12.0. The van der Waals surface area contributed by atoms with Gasteiger partial charge in [0, 0.05) is 17.8 Å². The first-order valence-corrected chi connectivity index (χ1v) is 12.2. The maximum atomic E-state index is 13.3. The highest BCUT2D eigenvalue weighted by atomic mass is 32.2. The number of thioether (sulfide) groups is 1. The molecule has 174 valence electrons. The third-order valence-corrected chi connectivity index (χ3v) is 5.96. The Hall–Kier alpha value is -2.47. The predicted octanol–water partition coefficient (Wildman–Crippen LogP) is 4.96. The molecular formula is C26H36N2O3S. The number of carbonyl (C=O) groups is 2. The standard InChI is InChI=1S/C26H36N2O3S/c1-7-23(25(30)27-26(3,4)5)28(16-21-10-8-9-19(2)15-21)24(29)18-32-17-20-11-13-22(31-6)14-12-20/h8-15,23H,7,16-18H2,1-6H3,(H,27,30)/t23-/m1/s1. The summed E-state index contributed by atoms with van der Waals surface area (Å²) in [5.41, 5.74) is 2.94. The molecule has 0 fully saturated rings. The molecule has 0 saturated carbocycles. The van der Waals surface area contributed by atoms with Gasteiger partial charge in [0.05, 0.1) is 12.9 Å². The summed E-state index contributed by atoms with van der Waals surface area (Å²) in [5.74, 6) is 1.72. The average molecular weight is 457 g/mol. The largest absolute Gasteiger partial charge is 0.497 e. The second-order valence-corrected chi connectivity index (χ2v) is 10.0. The first-order valence-electron chi connectivity index (χ1n) is 11.0. The van der Waals surface area contributed by atoms with E-state index in [1.165, 1.54) is 0 Å². The van der Waals surface area contributed by atoms with E-state index in [9.17, 15) is 9.59 Å². The Labute approximate surface area is 196 Å². The summed E-state index contributed by atoms with van der Waals surface area (Å²) >= 11 is 1.56. The lowest BCUT2D eigenvalue weighted by Gasteiger charge is -2.33. The number of ether oxygens (including phenoxy) is 1. The van der Waals surface area contributed by atoms with Crippen molar-refractivity contribution in [1.29, 1.82) is 0 Å². The van der Waals surface area contributed by atoms with Crippen LogP contribution in [0.2, 0.25) is 0 Å². The van der Waals surface area contributed by atoms with Crippen molar-refractivity contribution in [3.8, 4) is 5.75 Å². The molecule has 0 spiro atoms. The number of carbonyl (C=O) groups excluding carboxylic acids is 2. The number of hydrogen-bond donors (Lipinski definition) is 1. The van der Waals surface area contributed by atoms with Crippen molar-refractivity contribution in [1.82, 2.24) is 10.2 Å². The van der Waals surface area contributed by atoms with Crippen molar-refractivity contribution < 1.29 is 14.3 Å². The van der Waals surface area contributed by atoms with Crippen LogP contribution in [0.4, 0.5) is 0 Å². The van der Waals surface area contributed by atoms with Crippen LogP contribution in [-0.4, -0.2) is 41.2 Å². The molecule has 1 N–H and O–H groups in total. The van der Waals surface area contributed by atoms with Gasteiger partial charge in [-0.2, -0.15) is 0 Å². The lowest BCUT2D eigenvalue weighted by Crippen LogP contribution is -2.53. The van der Waals surface area contributed by atoms with Gasteiger partial charge in [0.25, 0.3) is 0 Å². The Balaban J connectivity index is 2.13. The van der Waals surface area contributed by atoms with E-state index in [1.807, 2.05) is 77.1 Å². The van der Waals surface area contributed by atoms with Crippen LogP contribution < -0.4 is 10.1 Å². The number of nitrogens with one attached hydrogen (secondary N) is 1. The molecule has 2 aromatic rings. The topological polar surface area (TPSA) is 58.6 Å². The summed E-state index contributed by atoms with van der Waals surface area (Å²) in [6.07, 6.45) is 0.558. The van der Waals surface area contributed by atoms with Crippen LogP contribution in [0.1, 0.15) is 50.8 Å². The molecule has 0 radical (unpaired) electrons. The van der Waals surface area contributed by atoms with Crippen LogP contribution in [0.5, 0.6) is 5.75 Å². The second-order valence-electron chi connectivity index (χ2n) is 9.01. The fraction of sp³-hybridized carbons (Fsp3) is 0.462. The summed E-state index contributed by atoms with van der Waals surface area (Å²) in [6, 6.07) is 15.4. The highest BCUT2D eigenvalue weighted by Gasteiger charge is 2.30. The van der Waals surface area contributed by atoms with E-state index in [-0.39, 0.29) is 17.4 Å². The van der Waals surface area contributed by atoms with Crippen molar-refractivity contribution >= 4 is 23.6 Å². The van der Waals surface area contributed by atoms with Crippen molar-refractivity contribution in [2.24, 2.45) is 0 Å². The molecule has 6 heteroatoms. The lowest BCUT2D eigenvalue weighted by atomic mass is 10.1. The third kappa shape index (κ3) is 8.23. The quantitative estimate of drug-likeness (QED) is 0.549. The zero-order chi connectivity index (χ0) is 23.7. The van der Waals surface area contributed by atoms with Gasteiger partial charge in [-0.3, -0.25) is 9.59 Å². The van der Waals surface area contributed by atoms with Crippen LogP contribution >= 0.6 is 11.8 Å². The average Bonchev–Trinajstić information content (AvgIpc) is 2.72. The highest BCUT2D eigenvalue weighted by molar-refractivity contribution is 7.99. The number of methoxy groups -OCH3 is 1. The minimum atomic E-state index is -0.510. The molecule has 0 aliphatic heterocycles. The minimum Gasteiger partial charge on any atom is -0.497 e. The molecule has 1 atom stereocenters. The van der Waals surface area contributed by atoms with Crippen LogP contribution in [0.25, 0.3) is 0 Å². The molecule has 0 aliphatic carbocycles. The molecule has 0 saturated heterocycles. The molecule has 2 rings (SSSR count). The van der Waals surface area contributed by atoms with Crippen molar-refractivity contribution in [3.63, 3.8) is 0 Å². The number of nitrogens with zero attached hydrogens (tertiary/aromatic N) is 1. The van der Waals surface area contributed by atoms with Gasteiger partial charge in [-0.1, -0.05) is 48.9 Å². The van der Waals surface area contributed by atoms with E-state index < -0.39 is 6.04 Å². The smallest absolute Gasteiger partial charge is 0.243 e. The first kappa shape index (κ1) is 25.8. The summed E-state index contributed by atoms with van der Waals surface area (Å²) in [6.45, 7) is 10.3. The summed E-state index contributed by atoms with van der Waals surface area (Å²) in [4.78, 5) is 28.1. The summed E-state index contributed by atoms with van der Waals surface area (Å²) in [5, 5.41) is 3.04. The van der Waals surface area contributed by atoms with Gasteiger partial charge in [0.15, 0.2) is 0 Å². The summed E-state index contributed by atoms with van der Waals surface area (Å²) < 4.78 is 5.20. The van der Waals surface area contributed by atoms with Crippen molar-refractivity contribution in [2.45, 2.75) is 64.9 Å². The van der Waals surface area contributed by atoms with Crippen LogP contribution in [0.3, 0.4) is 0 Å². The fourth-order valence-corrected chi connectivity index (χ4v) is 4.31. The van der Waals surface area contributed by atoms with E-state index in [0.717, 1.165) is 28.2 Å². The first-order chi connectivity index (χ1) is 15.1. The lowest BCUT2D eigenvalue weighted by molar-refractivity contribution is -0.140. The number of amides is 2. The predicted molar refractivity (Wildman–Crippen MR) is 133 cm³/mol. The maximum Gasteiger partial charge on any atom is 0.243 e. The highest BCUT2D eigenvalue weighted by Crippen LogP contribution is 2.20. The molecule has 2 amide bonds. The van der Waals surface area contributed by atoms with Gasteiger partial charge in [-0.05, 0) is 57.4 Å². The normalized spacial score (nSPS) is 12.2. The molecule has 0 unspecified atom stereocenters. The Bertz CT molecular complexity index is 891. The van der Waals surface area contributed by atoms with Crippen LogP contribution in [0.15, 0.2) is 48.5 Å². The Morgan fingerprint density at radius 2 is 1.78 bits per heavy atom. The van der Waals surface area contributed by atoms with Gasteiger partial charge in [0.2, 0.25) is 11.8 Å². The fourth-order valence-electron chi connectivity index (χ4n) is 3.44. The molecule has 32 heavy (non-hydrogen) atoms. The monoisotopic (exact) mass is 456 g/mol. The van der Waals surface area contributed by atoms with Crippen LogP contribution in [-0.2, 0) is 21.9 Å². The van der Waals surface area contributed by atoms with Gasteiger partial charge in [0.1, 0.15) is 11.8 Å². The van der Waals surface area contributed by atoms with Gasteiger partial charge in [-0.25, -0.2) is 0 Å². The van der Waals surface area contributed by atoms with Crippen molar-refractivity contribution in [3.05, 3.63) is 65.2 Å². The van der Waals surface area contributed by atoms with E-state index >= 15 is 0 Å². The van der Waals surface area contributed by atoms with Crippen LogP contribution in [0, 0.1) is 6.92 Å². The van der Waals surface area contributed by atoms with E-state index in [4.69, 9.17) is 4.74 Å². The number of rotatable bonds is 10. The number of benzene rings is 2. The van der Waals surface area contributed by atoms with E-state index in [1.54, 1.807) is 23.8 Å². The zero-order valence-electron chi connectivity index (χ0n) is 20.1.